The molecule has 1 N–H and O–H groups in total. The molecule has 3 rings (SSSR count). The van der Waals surface area contributed by atoms with Crippen molar-refractivity contribution in [3.63, 3.8) is 0 Å². The fourth-order valence-electron chi connectivity index (χ4n) is 2.94. The lowest BCUT2D eigenvalue weighted by Crippen LogP contribution is -2.34. The number of likely N-dealkylation sites (N-methyl/N-ethyl adjacent to an activating group) is 1. The van der Waals surface area contributed by atoms with Gasteiger partial charge in [-0.25, -0.2) is 0 Å². The number of aromatic nitrogens is 1. The molecular formula is C15H20N2O. The van der Waals surface area contributed by atoms with E-state index in [9.17, 15) is 0 Å². The SMILES string of the molecule is CC1OC(CN(C)C)Cc2c1[nH]c1ccccc21. The van der Waals surface area contributed by atoms with Gasteiger partial charge in [0, 0.05) is 29.6 Å². The number of rotatable bonds is 2. The van der Waals surface area contributed by atoms with Gasteiger partial charge in [-0.1, -0.05) is 18.2 Å². The van der Waals surface area contributed by atoms with Crippen molar-refractivity contribution in [2.45, 2.75) is 25.6 Å². The van der Waals surface area contributed by atoms with Crippen molar-refractivity contribution in [1.82, 2.24) is 9.88 Å². The van der Waals surface area contributed by atoms with E-state index < -0.39 is 0 Å². The second-order valence-electron chi connectivity index (χ2n) is 5.43. The van der Waals surface area contributed by atoms with Crippen molar-refractivity contribution in [2.75, 3.05) is 20.6 Å². The summed E-state index contributed by atoms with van der Waals surface area (Å²) in [5, 5.41) is 1.35. The van der Waals surface area contributed by atoms with Gasteiger partial charge in [-0.15, -0.1) is 0 Å². The minimum atomic E-state index is 0.158. The quantitative estimate of drug-likeness (QED) is 0.880. The zero-order chi connectivity index (χ0) is 12.7. The van der Waals surface area contributed by atoms with Gasteiger partial charge >= 0.3 is 0 Å². The molecule has 1 aromatic carbocycles. The fraction of sp³-hybridized carbons (Fsp3) is 0.467. The number of aromatic amines is 1. The van der Waals surface area contributed by atoms with Crippen LogP contribution >= 0.6 is 0 Å². The van der Waals surface area contributed by atoms with Crippen LogP contribution in [0.25, 0.3) is 10.9 Å². The summed E-state index contributed by atoms with van der Waals surface area (Å²) in [6.07, 6.45) is 1.45. The zero-order valence-electron chi connectivity index (χ0n) is 11.2. The summed E-state index contributed by atoms with van der Waals surface area (Å²) in [7, 11) is 4.19. The van der Waals surface area contributed by atoms with E-state index in [4.69, 9.17) is 4.74 Å². The highest BCUT2D eigenvalue weighted by Gasteiger charge is 2.28. The van der Waals surface area contributed by atoms with Crippen molar-refractivity contribution in [2.24, 2.45) is 0 Å². The van der Waals surface area contributed by atoms with E-state index in [0.29, 0.717) is 6.10 Å². The van der Waals surface area contributed by atoms with Crippen LogP contribution in [0, 0.1) is 0 Å². The minimum absolute atomic E-state index is 0.158. The summed E-state index contributed by atoms with van der Waals surface area (Å²) in [6.45, 7) is 3.11. The Morgan fingerprint density at radius 3 is 2.89 bits per heavy atom. The second-order valence-corrected chi connectivity index (χ2v) is 5.43. The Labute approximate surface area is 108 Å². The van der Waals surface area contributed by atoms with Crippen LogP contribution in [0.1, 0.15) is 24.3 Å². The summed E-state index contributed by atoms with van der Waals surface area (Å²) in [5.41, 5.74) is 3.92. The van der Waals surface area contributed by atoms with Crippen molar-refractivity contribution < 1.29 is 4.74 Å². The summed E-state index contributed by atoms with van der Waals surface area (Å²) < 4.78 is 6.08. The van der Waals surface area contributed by atoms with Crippen LogP contribution in [0.5, 0.6) is 0 Å². The van der Waals surface area contributed by atoms with Gasteiger partial charge in [0.25, 0.3) is 0 Å². The highest BCUT2D eigenvalue weighted by molar-refractivity contribution is 5.85. The van der Waals surface area contributed by atoms with E-state index in [1.165, 1.54) is 22.2 Å². The lowest BCUT2D eigenvalue weighted by Gasteiger charge is -2.30. The molecule has 1 aliphatic rings. The van der Waals surface area contributed by atoms with Crippen LogP contribution in [0.15, 0.2) is 24.3 Å². The summed E-state index contributed by atoms with van der Waals surface area (Å²) in [6, 6.07) is 8.53. The maximum atomic E-state index is 6.08. The third-order valence-corrected chi connectivity index (χ3v) is 3.65. The first kappa shape index (κ1) is 11.8. The van der Waals surface area contributed by atoms with Crippen molar-refractivity contribution in [3.05, 3.63) is 35.5 Å². The summed E-state index contributed by atoms with van der Waals surface area (Å²) >= 11 is 0. The molecule has 96 valence electrons. The zero-order valence-corrected chi connectivity index (χ0v) is 11.2. The Kier molecular flexibility index (Phi) is 2.88. The first-order valence-electron chi connectivity index (χ1n) is 6.55. The number of H-pyrrole nitrogens is 1. The Bertz CT molecular complexity index is 559. The third-order valence-electron chi connectivity index (χ3n) is 3.65. The number of ether oxygens (including phenoxy) is 1. The second kappa shape index (κ2) is 4.41. The highest BCUT2D eigenvalue weighted by atomic mass is 16.5. The predicted octanol–water partition coefficient (Wildman–Crippen LogP) is 2.73. The van der Waals surface area contributed by atoms with Crippen molar-refractivity contribution in [1.29, 1.82) is 0 Å². The van der Waals surface area contributed by atoms with Gasteiger partial charge in [-0.2, -0.15) is 0 Å². The van der Waals surface area contributed by atoms with E-state index in [0.717, 1.165) is 13.0 Å². The molecule has 2 heterocycles. The molecule has 3 nitrogen and oxygen atoms in total. The van der Waals surface area contributed by atoms with Crippen molar-refractivity contribution in [3.8, 4) is 0 Å². The molecule has 0 fully saturated rings. The average Bonchev–Trinajstić information content (AvgIpc) is 2.68. The molecule has 1 aliphatic heterocycles. The normalized spacial score (nSPS) is 23.6. The van der Waals surface area contributed by atoms with E-state index in [1.807, 2.05) is 0 Å². The number of hydrogen-bond donors (Lipinski definition) is 1. The minimum Gasteiger partial charge on any atom is -0.367 e. The van der Waals surface area contributed by atoms with Crippen LogP contribution in [-0.4, -0.2) is 36.6 Å². The lowest BCUT2D eigenvalue weighted by atomic mass is 9.98. The molecular weight excluding hydrogens is 224 g/mol. The molecule has 2 atom stereocenters. The van der Waals surface area contributed by atoms with Crippen LogP contribution < -0.4 is 0 Å². The molecule has 2 aromatic rings. The van der Waals surface area contributed by atoms with E-state index in [-0.39, 0.29) is 6.10 Å². The number of benzene rings is 1. The third kappa shape index (κ3) is 1.93. The van der Waals surface area contributed by atoms with Gasteiger partial charge in [-0.3, -0.25) is 0 Å². The highest BCUT2D eigenvalue weighted by Crippen LogP contribution is 2.34. The van der Waals surface area contributed by atoms with E-state index in [1.54, 1.807) is 0 Å². The molecule has 18 heavy (non-hydrogen) atoms. The van der Waals surface area contributed by atoms with Gasteiger partial charge in [-0.05, 0) is 32.6 Å². The molecule has 3 heteroatoms. The Morgan fingerprint density at radius 2 is 2.11 bits per heavy atom. The first-order valence-corrected chi connectivity index (χ1v) is 6.55. The average molecular weight is 244 g/mol. The van der Waals surface area contributed by atoms with Crippen molar-refractivity contribution >= 4 is 10.9 Å². The molecule has 0 saturated carbocycles. The lowest BCUT2D eigenvalue weighted by molar-refractivity contribution is -0.0279. The topological polar surface area (TPSA) is 28.3 Å². The first-order chi connectivity index (χ1) is 8.65. The van der Waals surface area contributed by atoms with Gasteiger partial charge in [0.15, 0.2) is 0 Å². The number of para-hydroxylation sites is 1. The Morgan fingerprint density at radius 1 is 1.33 bits per heavy atom. The predicted molar refractivity (Wildman–Crippen MR) is 73.8 cm³/mol. The smallest absolute Gasteiger partial charge is 0.0952 e. The number of fused-ring (bicyclic) bond motifs is 3. The maximum absolute atomic E-state index is 6.08. The molecule has 1 aromatic heterocycles. The van der Waals surface area contributed by atoms with Gasteiger partial charge < -0.3 is 14.6 Å². The molecule has 0 saturated heterocycles. The van der Waals surface area contributed by atoms with Gasteiger partial charge in [0.1, 0.15) is 0 Å². The maximum Gasteiger partial charge on any atom is 0.0952 e. The molecule has 0 amide bonds. The van der Waals surface area contributed by atoms with Crippen LogP contribution in [0.2, 0.25) is 0 Å². The monoisotopic (exact) mass is 244 g/mol. The molecule has 0 aliphatic carbocycles. The number of nitrogens with zero attached hydrogens (tertiary/aromatic N) is 1. The molecule has 0 spiro atoms. The van der Waals surface area contributed by atoms with Crippen LogP contribution in [0.3, 0.4) is 0 Å². The summed E-state index contributed by atoms with van der Waals surface area (Å²) in [5.74, 6) is 0. The molecule has 2 unspecified atom stereocenters. The Balaban J connectivity index is 2.01. The van der Waals surface area contributed by atoms with E-state index >= 15 is 0 Å². The van der Waals surface area contributed by atoms with Gasteiger partial charge in [0.05, 0.1) is 12.2 Å². The Hall–Kier alpha value is -1.32. The summed E-state index contributed by atoms with van der Waals surface area (Å²) in [4.78, 5) is 5.69. The molecule has 0 bridgehead atoms. The number of hydrogen-bond acceptors (Lipinski definition) is 2. The van der Waals surface area contributed by atoms with Crippen LogP contribution in [0.4, 0.5) is 0 Å². The van der Waals surface area contributed by atoms with Crippen LogP contribution in [-0.2, 0) is 11.2 Å². The number of nitrogens with one attached hydrogen (secondary N) is 1. The standard InChI is InChI=1S/C15H20N2O/c1-10-15-13(8-11(18-10)9-17(2)3)12-6-4-5-7-14(12)16-15/h4-7,10-11,16H,8-9H2,1-3H3. The molecule has 0 radical (unpaired) electrons. The van der Waals surface area contributed by atoms with Gasteiger partial charge in [0.2, 0.25) is 0 Å². The fourth-order valence-corrected chi connectivity index (χ4v) is 2.94. The van der Waals surface area contributed by atoms with E-state index in [2.05, 4.69) is 55.2 Å². The largest absolute Gasteiger partial charge is 0.367 e.